The fraction of sp³-hybridized carbons (Fsp3) is 0.474. The van der Waals surface area contributed by atoms with Gasteiger partial charge >= 0.3 is 0 Å². The second-order valence-corrected chi connectivity index (χ2v) is 8.41. The highest BCUT2D eigenvalue weighted by Crippen LogP contribution is 2.25. The quantitative estimate of drug-likeness (QED) is 0.506. The van der Waals surface area contributed by atoms with Crippen LogP contribution in [0.1, 0.15) is 26.6 Å². The molecule has 1 aliphatic rings. The molecule has 0 spiro atoms. The first-order valence-electron chi connectivity index (χ1n) is 9.77. The molecule has 1 aliphatic heterocycles. The lowest BCUT2D eigenvalue weighted by atomic mass is 9.96. The molecule has 5 rings (SSSR count). The summed E-state index contributed by atoms with van der Waals surface area (Å²) in [5.74, 6) is 2.75. The van der Waals surface area contributed by atoms with E-state index in [-0.39, 0.29) is 5.41 Å². The maximum atomic E-state index is 4.84. The van der Waals surface area contributed by atoms with Crippen LogP contribution in [0.3, 0.4) is 0 Å². The second-order valence-electron chi connectivity index (χ2n) is 8.41. The van der Waals surface area contributed by atoms with Crippen LogP contribution in [0.4, 0.5) is 11.6 Å². The lowest BCUT2D eigenvalue weighted by Gasteiger charge is -2.36. The number of rotatable bonds is 2. The maximum absolute atomic E-state index is 4.84. The summed E-state index contributed by atoms with van der Waals surface area (Å²) in [7, 11) is 1.90. The summed E-state index contributed by atoms with van der Waals surface area (Å²) in [6.07, 6.45) is 3.45. The Bertz CT molecular complexity index is 1180. The van der Waals surface area contributed by atoms with Gasteiger partial charge in [0.05, 0.1) is 11.6 Å². The average molecular weight is 392 g/mol. The minimum absolute atomic E-state index is 0.119. The number of fused-ring (bicyclic) bond motifs is 2. The monoisotopic (exact) mass is 392 g/mol. The van der Waals surface area contributed by atoms with Gasteiger partial charge in [-0.3, -0.25) is 4.68 Å². The van der Waals surface area contributed by atoms with Gasteiger partial charge in [-0.2, -0.15) is 9.61 Å². The van der Waals surface area contributed by atoms with Crippen LogP contribution in [0.5, 0.6) is 0 Å². The number of aromatic nitrogens is 8. The van der Waals surface area contributed by atoms with E-state index in [2.05, 4.69) is 55.8 Å². The van der Waals surface area contributed by atoms with Crippen molar-refractivity contribution in [2.75, 3.05) is 36.0 Å². The third kappa shape index (κ3) is 2.95. The fourth-order valence-electron chi connectivity index (χ4n) is 3.76. The van der Waals surface area contributed by atoms with Crippen molar-refractivity contribution in [3.8, 4) is 0 Å². The standard InChI is InChI=1S/C19H24N10/c1-19(2,3)18-24-23-14-5-6-15(25-29(14)18)27-7-9-28(10-8-27)17-13-11-22-26(4)16(13)20-12-21-17/h5-6,11-12H,7-10H2,1-4H3. The van der Waals surface area contributed by atoms with Crippen LogP contribution in [0.2, 0.25) is 0 Å². The van der Waals surface area contributed by atoms with Gasteiger partial charge in [-0.25, -0.2) is 9.97 Å². The van der Waals surface area contributed by atoms with Crippen molar-refractivity contribution in [2.45, 2.75) is 26.2 Å². The van der Waals surface area contributed by atoms with E-state index in [1.807, 2.05) is 29.9 Å². The van der Waals surface area contributed by atoms with E-state index in [1.165, 1.54) is 0 Å². The second kappa shape index (κ2) is 6.36. The molecule has 10 nitrogen and oxygen atoms in total. The molecule has 0 aliphatic carbocycles. The number of anilines is 2. The first-order valence-corrected chi connectivity index (χ1v) is 9.77. The van der Waals surface area contributed by atoms with E-state index < -0.39 is 0 Å². The van der Waals surface area contributed by atoms with E-state index in [9.17, 15) is 0 Å². The van der Waals surface area contributed by atoms with Gasteiger partial charge in [0.1, 0.15) is 18.0 Å². The molecule has 150 valence electrons. The Labute approximate surface area is 168 Å². The van der Waals surface area contributed by atoms with Crippen LogP contribution >= 0.6 is 0 Å². The van der Waals surface area contributed by atoms with Crippen LogP contribution in [0.15, 0.2) is 24.7 Å². The number of hydrogen-bond acceptors (Lipinski definition) is 8. The zero-order valence-corrected chi connectivity index (χ0v) is 17.1. The Morgan fingerprint density at radius 3 is 2.45 bits per heavy atom. The van der Waals surface area contributed by atoms with Gasteiger partial charge in [-0.15, -0.1) is 15.3 Å². The molecule has 0 aromatic carbocycles. The lowest BCUT2D eigenvalue weighted by molar-refractivity contribution is 0.525. The van der Waals surface area contributed by atoms with Crippen LogP contribution in [0, 0.1) is 0 Å². The molecule has 0 unspecified atom stereocenters. The van der Waals surface area contributed by atoms with E-state index in [1.54, 1.807) is 11.0 Å². The predicted octanol–water partition coefficient (Wildman–Crippen LogP) is 1.43. The molecule has 1 saturated heterocycles. The van der Waals surface area contributed by atoms with Crippen molar-refractivity contribution >= 4 is 28.3 Å². The number of nitrogens with zero attached hydrogens (tertiary/aromatic N) is 10. The van der Waals surface area contributed by atoms with Gasteiger partial charge in [-0.05, 0) is 12.1 Å². The normalized spacial score (nSPS) is 15.6. The first-order chi connectivity index (χ1) is 13.9. The van der Waals surface area contributed by atoms with E-state index in [0.717, 1.165) is 60.3 Å². The summed E-state index contributed by atoms with van der Waals surface area (Å²) in [5, 5.41) is 18.7. The van der Waals surface area contributed by atoms with E-state index >= 15 is 0 Å². The third-order valence-corrected chi connectivity index (χ3v) is 5.33. The summed E-state index contributed by atoms with van der Waals surface area (Å²) in [6, 6.07) is 4.01. The SMILES string of the molecule is Cn1ncc2c(N3CCN(c4ccc5nnc(C(C)(C)C)n5n4)CC3)ncnc21. The van der Waals surface area contributed by atoms with Crippen LogP contribution in [-0.4, -0.2) is 65.7 Å². The van der Waals surface area contributed by atoms with Crippen molar-refractivity contribution in [1.82, 2.24) is 39.6 Å². The van der Waals surface area contributed by atoms with Gasteiger partial charge in [0.2, 0.25) is 0 Å². The van der Waals surface area contributed by atoms with Crippen molar-refractivity contribution < 1.29 is 0 Å². The van der Waals surface area contributed by atoms with Crippen molar-refractivity contribution in [3.05, 3.63) is 30.5 Å². The molecule has 0 saturated carbocycles. The minimum Gasteiger partial charge on any atom is -0.352 e. The molecule has 4 aromatic rings. The molecule has 0 amide bonds. The van der Waals surface area contributed by atoms with Gasteiger partial charge in [0, 0.05) is 38.6 Å². The topological polar surface area (TPSA) is 93.2 Å². The molecule has 4 aromatic heterocycles. The summed E-state index contributed by atoms with van der Waals surface area (Å²) in [4.78, 5) is 13.4. The van der Waals surface area contributed by atoms with Crippen LogP contribution in [0.25, 0.3) is 16.7 Å². The van der Waals surface area contributed by atoms with Crippen LogP contribution in [-0.2, 0) is 12.5 Å². The van der Waals surface area contributed by atoms with Gasteiger partial charge in [0.15, 0.2) is 17.1 Å². The summed E-state index contributed by atoms with van der Waals surface area (Å²) in [6.45, 7) is 9.80. The third-order valence-electron chi connectivity index (χ3n) is 5.33. The molecule has 0 atom stereocenters. The summed E-state index contributed by atoms with van der Waals surface area (Å²) >= 11 is 0. The molecule has 0 N–H and O–H groups in total. The molecule has 0 radical (unpaired) electrons. The Balaban J connectivity index is 1.39. The Morgan fingerprint density at radius 1 is 0.931 bits per heavy atom. The van der Waals surface area contributed by atoms with E-state index in [0.29, 0.717) is 0 Å². The van der Waals surface area contributed by atoms with Gasteiger partial charge < -0.3 is 9.80 Å². The smallest absolute Gasteiger partial charge is 0.178 e. The largest absolute Gasteiger partial charge is 0.352 e. The van der Waals surface area contributed by atoms with Crippen LogP contribution < -0.4 is 9.80 Å². The highest BCUT2D eigenvalue weighted by atomic mass is 15.4. The molecular formula is C19H24N10. The number of piperazine rings is 1. The first kappa shape index (κ1) is 17.8. The Kier molecular flexibility index (Phi) is 3.90. The maximum Gasteiger partial charge on any atom is 0.178 e. The lowest BCUT2D eigenvalue weighted by Crippen LogP contribution is -2.47. The van der Waals surface area contributed by atoms with Crippen molar-refractivity contribution in [2.24, 2.45) is 7.05 Å². The Hall–Kier alpha value is -3.30. The molecule has 0 bridgehead atoms. The Morgan fingerprint density at radius 2 is 1.69 bits per heavy atom. The number of aryl methyl sites for hydroxylation is 1. The minimum atomic E-state index is -0.119. The highest BCUT2D eigenvalue weighted by molar-refractivity contribution is 5.86. The molecular weight excluding hydrogens is 368 g/mol. The summed E-state index contributed by atoms with van der Waals surface area (Å²) < 4.78 is 3.65. The van der Waals surface area contributed by atoms with Crippen molar-refractivity contribution in [3.63, 3.8) is 0 Å². The molecule has 1 fully saturated rings. The predicted molar refractivity (Wildman–Crippen MR) is 110 cm³/mol. The number of hydrogen-bond donors (Lipinski definition) is 0. The van der Waals surface area contributed by atoms with Gasteiger partial charge in [-0.1, -0.05) is 20.8 Å². The molecule has 5 heterocycles. The van der Waals surface area contributed by atoms with Crippen molar-refractivity contribution in [1.29, 1.82) is 0 Å². The average Bonchev–Trinajstić information content (AvgIpc) is 3.31. The zero-order valence-electron chi connectivity index (χ0n) is 17.1. The summed E-state index contributed by atoms with van der Waals surface area (Å²) in [5.41, 5.74) is 1.51. The molecule has 10 heteroatoms. The highest BCUT2D eigenvalue weighted by Gasteiger charge is 2.25. The fourth-order valence-corrected chi connectivity index (χ4v) is 3.76. The molecule has 29 heavy (non-hydrogen) atoms. The van der Waals surface area contributed by atoms with E-state index in [4.69, 9.17) is 5.10 Å². The zero-order chi connectivity index (χ0) is 20.2. The van der Waals surface area contributed by atoms with Gasteiger partial charge in [0.25, 0.3) is 0 Å².